The molecule has 2 N–H and O–H groups in total. The molecule has 1 aliphatic heterocycles. The highest BCUT2D eigenvalue weighted by molar-refractivity contribution is 5.76. The van der Waals surface area contributed by atoms with Crippen LogP contribution in [0.15, 0.2) is 42.5 Å². The largest absolute Gasteiger partial charge is 0.493 e. The summed E-state index contributed by atoms with van der Waals surface area (Å²) in [7, 11) is 0. The van der Waals surface area contributed by atoms with Crippen LogP contribution in [0, 0.1) is 0 Å². The number of nitrogens with one attached hydrogen (secondary N) is 1. The van der Waals surface area contributed by atoms with E-state index in [2.05, 4.69) is 5.32 Å². The lowest BCUT2D eigenvalue weighted by Crippen LogP contribution is -2.28. The van der Waals surface area contributed by atoms with Crippen molar-refractivity contribution in [2.45, 2.75) is 31.5 Å². The van der Waals surface area contributed by atoms with Crippen LogP contribution < -0.4 is 10.1 Å². The zero-order valence-corrected chi connectivity index (χ0v) is 14.6. The Morgan fingerprint density at radius 2 is 1.93 bits per heavy atom. The molecule has 0 aromatic heterocycles. The molecule has 2 aromatic carbocycles. The van der Waals surface area contributed by atoms with Crippen LogP contribution >= 0.6 is 0 Å². The molecule has 0 radical (unpaired) electrons. The van der Waals surface area contributed by atoms with Crippen molar-refractivity contribution >= 4 is 5.91 Å². The Hall–Kier alpha value is -2.54. The van der Waals surface area contributed by atoms with Crippen molar-refractivity contribution in [3.8, 4) is 5.75 Å². The van der Waals surface area contributed by atoms with E-state index in [1.54, 1.807) is 6.07 Å². The number of aliphatic hydroxyl groups is 1. The molecule has 0 fully saturated rings. The van der Waals surface area contributed by atoms with Crippen molar-refractivity contribution in [1.29, 1.82) is 0 Å². The molecule has 0 spiro atoms. The maximum Gasteiger partial charge on any atom is 0.416 e. The molecule has 0 unspecified atom stereocenters. The predicted molar refractivity (Wildman–Crippen MR) is 93.4 cm³/mol. The van der Waals surface area contributed by atoms with E-state index in [1.807, 2.05) is 12.1 Å². The minimum Gasteiger partial charge on any atom is -0.493 e. The monoisotopic (exact) mass is 379 g/mol. The Morgan fingerprint density at radius 1 is 1.19 bits per heavy atom. The standard InChI is InChI=1S/C20H20F3NO3/c21-20(22,23)16-5-1-13(2-6-16)3-8-19(26)24-12-17(25)14-4-7-18-15(11-14)9-10-27-18/h1-2,4-7,11,17,25H,3,8-10,12H2,(H,24,26)/t17-/m0/s1. The van der Waals surface area contributed by atoms with Crippen molar-refractivity contribution in [2.75, 3.05) is 13.2 Å². The summed E-state index contributed by atoms with van der Waals surface area (Å²) in [4.78, 5) is 11.9. The summed E-state index contributed by atoms with van der Waals surface area (Å²) < 4.78 is 43.0. The molecule has 0 bridgehead atoms. The van der Waals surface area contributed by atoms with E-state index >= 15 is 0 Å². The van der Waals surface area contributed by atoms with Crippen molar-refractivity contribution in [2.24, 2.45) is 0 Å². The van der Waals surface area contributed by atoms with Crippen molar-refractivity contribution in [3.05, 3.63) is 64.7 Å². The Balaban J connectivity index is 1.45. The summed E-state index contributed by atoms with van der Waals surface area (Å²) in [6.45, 7) is 0.709. The number of rotatable bonds is 6. The van der Waals surface area contributed by atoms with Crippen LogP contribution in [0.2, 0.25) is 0 Å². The van der Waals surface area contributed by atoms with Gasteiger partial charge in [0, 0.05) is 19.4 Å². The van der Waals surface area contributed by atoms with Gasteiger partial charge in [0.2, 0.25) is 5.91 Å². The first kappa shape index (κ1) is 19.2. The first-order chi connectivity index (χ1) is 12.8. The number of benzene rings is 2. The number of hydrogen-bond acceptors (Lipinski definition) is 3. The minimum absolute atomic E-state index is 0.0749. The molecule has 0 saturated heterocycles. The third kappa shape index (κ3) is 5.01. The molecular weight excluding hydrogens is 359 g/mol. The molecule has 27 heavy (non-hydrogen) atoms. The fraction of sp³-hybridized carbons (Fsp3) is 0.350. The SMILES string of the molecule is O=C(CCc1ccc(C(F)(F)F)cc1)NC[C@H](O)c1ccc2c(c1)CCO2. The number of fused-ring (bicyclic) bond motifs is 1. The lowest BCUT2D eigenvalue weighted by molar-refractivity contribution is -0.137. The normalized spacial score (nSPS) is 14.4. The Bertz CT molecular complexity index is 803. The summed E-state index contributed by atoms with van der Waals surface area (Å²) in [5.41, 5.74) is 1.69. The third-order valence-electron chi connectivity index (χ3n) is 4.51. The van der Waals surface area contributed by atoms with E-state index in [1.165, 1.54) is 12.1 Å². The van der Waals surface area contributed by atoms with Crippen molar-refractivity contribution in [1.82, 2.24) is 5.32 Å². The number of carbonyl (C=O) groups excluding carboxylic acids is 1. The van der Waals surface area contributed by atoms with Gasteiger partial charge in [0.05, 0.1) is 18.3 Å². The summed E-state index contributed by atoms with van der Waals surface area (Å²) in [5.74, 6) is 0.560. The average Bonchev–Trinajstić information content (AvgIpc) is 3.11. The summed E-state index contributed by atoms with van der Waals surface area (Å²) in [6.07, 6.45) is -3.93. The van der Waals surface area contributed by atoms with Crippen LogP contribution in [-0.4, -0.2) is 24.2 Å². The molecule has 2 aromatic rings. The van der Waals surface area contributed by atoms with Gasteiger partial charge in [-0.15, -0.1) is 0 Å². The number of aryl methyl sites for hydroxylation is 1. The predicted octanol–water partition coefficient (Wildman–Crippen LogP) is 3.42. The Labute approximate surface area is 155 Å². The van der Waals surface area contributed by atoms with Gasteiger partial charge in [0.1, 0.15) is 5.75 Å². The van der Waals surface area contributed by atoms with Gasteiger partial charge < -0.3 is 15.2 Å². The fourth-order valence-electron chi connectivity index (χ4n) is 2.95. The van der Waals surface area contributed by atoms with Crippen LogP contribution in [0.4, 0.5) is 13.2 Å². The number of ether oxygens (including phenoxy) is 1. The number of hydrogen-bond donors (Lipinski definition) is 2. The second-order valence-electron chi connectivity index (χ2n) is 6.48. The number of alkyl halides is 3. The van der Waals surface area contributed by atoms with Gasteiger partial charge in [0.15, 0.2) is 0 Å². The molecule has 144 valence electrons. The summed E-state index contributed by atoms with van der Waals surface area (Å²) >= 11 is 0. The van der Waals surface area contributed by atoms with Crippen LogP contribution in [0.25, 0.3) is 0 Å². The zero-order chi connectivity index (χ0) is 19.4. The highest BCUT2D eigenvalue weighted by Crippen LogP contribution is 2.29. The molecule has 1 aliphatic rings. The second-order valence-corrected chi connectivity index (χ2v) is 6.48. The highest BCUT2D eigenvalue weighted by atomic mass is 19.4. The first-order valence-corrected chi connectivity index (χ1v) is 8.69. The van der Waals surface area contributed by atoms with E-state index < -0.39 is 17.8 Å². The number of aliphatic hydroxyl groups excluding tert-OH is 1. The molecule has 1 heterocycles. The molecule has 3 rings (SSSR count). The van der Waals surface area contributed by atoms with E-state index in [0.29, 0.717) is 24.2 Å². The Morgan fingerprint density at radius 3 is 2.63 bits per heavy atom. The maximum absolute atomic E-state index is 12.5. The van der Waals surface area contributed by atoms with Gasteiger partial charge in [-0.3, -0.25) is 4.79 Å². The second kappa shape index (κ2) is 8.00. The van der Waals surface area contributed by atoms with Gasteiger partial charge in [-0.1, -0.05) is 18.2 Å². The minimum atomic E-state index is -4.37. The van der Waals surface area contributed by atoms with Gasteiger partial charge in [-0.2, -0.15) is 13.2 Å². The van der Waals surface area contributed by atoms with Crippen molar-refractivity contribution in [3.63, 3.8) is 0 Å². The first-order valence-electron chi connectivity index (χ1n) is 8.69. The van der Waals surface area contributed by atoms with Gasteiger partial charge in [0.25, 0.3) is 0 Å². The third-order valence-corrected chi connectivity index (χ3v) is 4.51. The average molecular weight is 379 g/mol. The molecule has 4 nitrogen and oxygen atoms in total. The van der Waals surface area contributed by atoms with E-state index in [0.717, 1.165) is 29.9 Å². The van der Waals surface area contributed by atoms with E-state index in [9.17, 15) is 23.1 Å². The number of halogens is 3. The molecule has 0 aliphatic carbocycles. The van der Waals surface area contributed by atoms with Crippen LogP contribution in [0.5, 0.6) is 5.75 Å². The van der Waals surface area contributed by atoms with Crippen molar-refractivity contribution < 1.29 is 27.8 Å². The molecule has 0 saturated carbocycles. The maximum atomic E-state index is 12.5. The lowest BCUT2D eigenvalue weighted by Gasteiger charge is -2.13. The molecule has 1 amide bonds. The zero-order valence-electron chi connectivity index (χ0n) is 14.6. The molecular formula is C20H20F3NO3. The van der Waals surface area contributed by atoms with Gasteiger partial charge >= 0.3 is 6.18 Å². The van der Waals surface area contributed by atoms with E-state index in [-0.39, 0.29) is 18.9 Å². The van der Waals surface area contributed by atoms with Crippen LogP contribution in [0.3, 0.4) is 0 Å². The summed E-state index contributed by atoms with van der Waals surface area (Å²) in [6, 6.07) is 10.2. The molecule has 7 heteroatoms. The summed E-state index contributed by atoms with van der Waals surface area (Å²) in [5, 5.41) is 12.9. The number of carbonyl (C=O) groups is 1. The van der Waals surface area contributed by atoms with E-state index in [4.69, 9.17) is 4.74 Å². The quantitative estimate of drug-likeness (QED) is 0.809. The molecule has 1 atom stereocenters. The number of amides is 1. The van der Waals surface area contributed by atoms with Crippen LogP contribution in [0.1, 0.15) is 34.8 Å². The topological polar surface area (TPSA) is 58.6 Å². The smallest absolute Gasteiger partial charge is 0.416 e. The van der Waals surface area contributed by atoms with Crippen LogP contribution in [-0.2, 0) is 23.8 Å². The lowest BCUT2D eigenvalue weighted by atomic mass is 10.0. The van der Waals surface area contributed by atoms with Gasteiger partial charge in [-0.05, 0) is 47.4 Å². The Kier molecular flexibility index (Phi) is 5.70. The highest BCUT2D eigenvalue weighted by Gasteiger charge is 2.29. The van der Waals surface area contributed by atoms with Gasteiger partial charge in [-0.25, -0.2) is 0 Å². The fourth-order valence-corrected chi connectivity index (χ4v) is 2.95.